The number of benzene rings is 1. The number of phenols is 1. The van der Waals surface area contributed by atoms with Crippen LogP contribution in [-0.2, 0) is 11.2 Å². The first-order valence-electron chi connectivity index (χ1n) is 7.46. The van der Waals surface area contributed by atoms with E-state index in [4.69, 9.17) is 4.74 Å². The predicted molar refractivity (Wildman–Crippen MR) is 75.4 cm³/mol. The molecule has 0 spiro atoms. The lowest BCUT2D eigenvalue weighted by Gasteiger charge is -2.37. The zero-order chi connectivity index (χ0) is 13.2. The van der Waals surface area contributed by atoms with Gasteiger partial charge in [0.15, 0.2) is 0 Å². The first kappa shape index (κ1) is 12.9. The lowest BCUT2D eigenvalue weighted by atomic mass is 10.0. The molecule has 1 aliphatic carbocycles. The molecule has 3 nitrogen and oxygen atoms in total. The second kappa shape index (κ2) is 5.51. The second-order valence-electron chi connectivity index (χ2n) is 5.61. The van der Waals surface area contributed by atoms with Gasteiger partial charge in [-0.15, -0.1) is 0 Å². The SMILES string of the molecule is CCOC1CCCN(C2CCc3c(O)cccc32)C1. The fraction of sp³-hybridized carbons (Fsp3) is 0.625. The van der Waals surface area contributed by atoms with Crippen LogP contribution in [0.1, 0.15) is 43.4 Å². The van der Waals surface area contributed by atoms with Gasteiger partial charge in [0.2, 0.25) is 0 Å². The summed E-state index contributed by atoms with van der Waals surface area (Å²) in [6, 6.07) is 6.43. The third kappa shape index (κ3) is 2.49. The molecule has 104 valence electrons. The molecule has 0 saturated carbocycles. The smallest absolute Gasteiger partial charge is 0.119 e. The average molecular weight is 261 g/mol. The summed E-state index contributed by atoms with van der Waals surface area (Å²) in [5.74, 6) is 0.471. The minimum atomic E-state index is 0.389. The molecule has 2 unspecified atom stereocenters. The Morgan fingerprint density at radius 2 is 2.26 bits per heavy atom. The number of hydrogen-bond acceptors (Lipinski definition) is 3. The summed E-state index contributed by atoms with van der Waals surface area (Å²) < 4.78 is 5.79. The number of aromatic hydroxyl groups is 1. The summed E-state index contributed by atoms with van der Waals surface area (Å²) in [6.07, 6.45) is 4.92. The van der Waals surface area contributed by atoms with Crippen molar-refractivity contribution in [1.82, 2.24) is 4.90 Å². The third-order valence-electron chi connectivity index (χ3n) is 4.47. The van der Waals surface area contributed by atoms with Crippen LogP contribution in [0, 0.1) is 0 Å². The first-order valence-corrected chi connectivity index (χ1v) is 7.46. The van der Waals surface area contributed by atoms with Crippen molar-refractivity contribution in [2.24, 2.45) is 0 Å². The summed E-state index contributed by atoms with van der Waals surface area (Å²) in [7, 11) is 0. The van der Waals surface area contributed by atoms with Crippen molar-refractivity contribution in [3.8, 4) is 5.75 Å². The average Bonchev–Trinajstić information content (AvgIpc) is 2.85. The Hall–Kier alpha value is -1.06. The summed E-state index contributed by atoms with van der Waals surface area (Å²) in [5, 5.41) is 9.94. The number of ether oxygens (including phenoxy) is 1. The van der Waals surface area contributed by atoms with Gasteiger partial charge in [-0.1, -0.05) is 12.1 Å². The number of rotatable bonds is 3. The zero-order valence-electron chi connectivity index (χ0n) is 11.6. The van der Waals surface area contributed by atoms with Crippen LogP contribution in [0.15, 0.2) is 18.2 Å². The minimum absolute atomic E-state index is 0.389. The van der Waals surface area contributed by atoms with Gasteiger partial charge in [-0.2, -0.15) is 0 Å². The Morgan fingerprint density at radius 3 is 3.11 bits per heavy atom. The Kier molecular flexibility index (Phi) is 3.76. The topological polar surface area (TPSA) is 32.7 Å². The van der Waals surface area contributed by atoms with Crippen molar-refractivity contribution in [1.29, 1.82) is 0 Å². The maximum absolute atomic E-state index is 9.94. The highest BCUT2D eigenvalue weighted by molar-refractivity contribution is 5.44. The van der Waals surface area contributed by atoms with Crippen molar-refractivity contribution in [3.63, 3.8) is 0 Å². The van der Waals surface area contributed by atoms with E-state index >= 15 is 0 Å². The molecule has 1 aromatic carbocycles. The van der Waals surface area contributed by atoms with E-state index in [1.54, 1.807) is 6.07 Å². The molecular formula is C16H23NO2. The Balaban J connectivity index is 1.76. The molecule has 0 amide bonds. The molecule has 2 atom stereocenters. The van der Waals surface area contributed by atoms with Crippen LogP contribution in [0.25, 0.3) is 0 Å². The third-order valence-corrected chi connectivity index (χ3v) is 4.47. The lowest BCUT2D eigenvalue weighted by molar-refractivity contribution is -0.00753. The number of nitrogens with zero attached hydrogens (tertiary/aromatic N) is 1. The maximum Gasteiger partial charge on any atom is 0.119 e. The molecule has 1 heterocycles. The fourth-order valence-corrected chi connectivity index (χ4v) is 3.61. The predicted octanol–water partition coefficient (Wildman–Crippen LogP) is 2.88. The standard InChI is InChI=1S/C16H23NO2/c1-2-19-12-5-4-10-17(11-12)15-9-8-14-13(15)6-3-7-16(14)18/h3,6-7,12,15,18H,2,4-5,8-11H2,1H3. The van der Waals surface area contributed by atoms with E-state index in [-0.39, 0.29) is 0 Å². The number of likely N-dealkylation sites (tertiary alicyclic amines) is 1. The summed E-state index contributed by atoms with van der Waals surface area (Å²) >= 11 is 0. The van der Waals surface area contributed by atoms with E-state index < -0.39 is 0 Å². The van der Waals surface area contributed by atoms with Crippen molar-refractivity contribution >= 4 is 0 Å². The van der Waals surface area contributed by atoms with Crippen LogP contribution in [-0.4, -0.2) is 35.8 Å². The van der Waals surface area contributed by atoms with E-state index in [2.05, 4.69) is 17.9 Å². The van der Waals surface area contributed by atoms with Crippen molar-refractivity contribution in [3.05, 3.63) is 29.3 Å². The van der Waals surface area contributed by atoms with Gasteiger partial charge < -0.3 is 9.84 Å². The monoisotopic (exact) mass is 261 g/mol. The van der Waals surface area contributed by atoms with Crippen LogP contribution in [0.4, 0.5) is 0 Å². The van der Waals surface area contributed by atoms with Crippen LogP contribution < -0.4 is 0 Å². The first-order chi connectivity index (χ1) is 9.29. The van der Waals surface area contributed by atoms with E-state index in [0.717, 1.165) is 38.1 Å². The van der Waals surface area contributed by atoms with Crippen molar-refractivity contribution in [2.45, 2.75) is 44.8 Å². The fourth-order valence-electron chi connectivity index (χ4n) is 3.61. The molecule has 19 heavy (non-hydrogen) atoms. The van der Waals surface area contributed by atoms with Crippen molar-refractivity contribution in [2.75, 3.05) is 19.7 Å². The highest BCUT2D eigenvalue weighted by atomic mass is 16.5. The number of phenolic OH excluding ortho intramolecular Hbond substituents is 1. The maximum atomic E-state index is 9.94. The van der Waals surface area contributed by atoms with E-state index in [1.807, 2.05) is 6.07 Å². The van der Waals surface area contributed by atoms with Crippen LogP contribution >= 0.6 is 0 Å². The van der Waals surface area contributed by atoms with Gasteiger partial charge in [0.05, 0.1) is 6.10 Å². The Labute approximate surface area is 115 Å². The van der Waals surface area contributed by atoms with Gasteiger partial charge in [0, 0.05) is 19.2 Å². The van der Waals surface area contributed by atoms with E-state index in [1.165, 1.54) is 18.4 Å². The molecule has 1 aliphatic heterocycles. The van der Waals surface area contributed by atoms with Crippen LogP contribution in [0.3, 0.4) is 0 Å². The second-order valence-corrected chi connectivity index (χ2v) is 5.61. The highest BCUT2D eigenvalue weighted by Crippen LogP contribution is 2.40. The van der Waals surface area contributed by atoms with Gasteiger partial charge in [-0.3, -0.25) is 4.90 Å². The Bertz CT molecular complexity index is 444. The molecule has 0 aromatic heterocycles. The number of piperidine rings is 1. The quantitative estimate of drug-likeness (QED) is 0.908. The van der Waals surface area contributed by atoms with Crippen LogP contribution in [0.2, 0.25) is 0 Å². The zero-order valence-corrected chi connectivity index (χ0v) is 11.6. The van der Waals surface area contributed by atoms with E-state index in [0.29, 0.717) is 17.9 Å². The van der Waals surface area contributed by atoms with Gasteiger partial charge in [-0.25, -0.2) is 0 Å². The largest absolute Gasteiger partial charge is 0.508 e. The Morgan fingerprint density at radius 1 is 1.37 bits per heavy atom. The van der Waals surface area contributed by atoms with Crippen molar-refractivity contribution < 1.29 is 9.84 Å². The normalized spacial score (nSPS) is 27.4. The molecule has 3 rings (SSSR count). The molecule has 1 N–H and O–H groups in total. The molecule has 3 heteroatoms. The van der Waals surface area contributed by atoms with Gasteiger partial charge in [0.25, 0.3) is 0 Å². The van der Waals surface area contributed by atoms with E-state index in [9.17, 15) is 5.11 Å². The van der Waals surface area contributed by atoms with Gasteiger partial charge in [-0.05, 0) is 56.3 Å². The van der Waals surface area contributed by atoms with Gasteiger partial charge >= 0.3 is 0 Å². The summed E-state index contributed by atoms with van der Waals surface area (Å²) in [5.41, 5.74) is 2.49. The summed E-state index contributed by atoms with van der Waals surface area (Å²) in [4.78, 5) is 2.55. The van der Waals surface area contributed by atoms with Crippen LogP contribution in [0.5, 0.6) is 5.75 Å². The molecule has 0 radical (unpaired) electrons. The van der Waals surface area contributed by atoms with Gasteiger partial charge in [0.1, 0.15) is 5.75 Å². The molecular weight excluding hydrogens is 238 g/mol. The number of hydrogen-bond donors (Lipinski definition) is 1. The molecule has 0 bridgehead atoms. The lowest BCUT2D eigenvalue weighted by Crippen LogP contribution is -2.41. The molecule has 1 saturated heterocycles. The summed E-state index contributed by atoms with van der Waals surface area (Å²) in [6.45, 7) is 5.07. The number of fused-ring (bicyclic) bond motifs is 1. The molecule has 1 fully saturated rings. The molecule has 1 aromatic rings. The highest BCUT2D eigenvalue weighted by Gasteiger charge is 2.32. The minimum Gasteiger partial charge on any atom is -0.508 e. The molecule has 2 aliphatic rings.